The average Bonchev–Trinajstić information content (AvgIpc) is 2.23. The predicted octanol–water partition coefficient (Wildman–Crippen LogP) is 2.71. The number of hydrogen-bond donors (Lipinski definition) is 1. The SMILES string of the molecule is C=C(C)C(=O)C1(C)C2CC3CC(C2)CC1(O)C3. The number of rotatable bonds is 2. The molecule has 4 rings (SSSR count). The van der Waals surface area contributed by atoms with Crippen LogP contribution in [0.4, 0.5) is 0 Å². The summed E-state index contributed by atoms with van der Waals surface area (Å²) in [5.41, 5.74) is -0.710. The van der Waals surface area contributed by atoms with Gasteiger partial charge < -0.3 is 5.11 Å². The third kappa shape index (κ3) is 1.28. The van der Waals surface area contributed by atoms with E-state index in [1.54, 1.807) is 6.92 Å². The molecular formula is C15H22O2. The number of carbonyl (C=O) groups is 1. The molecule has 4 saturated carbocycles. The zero-order valence-corrected chi connectivity index (χ0v) is 10.8. The maximum Gasteiger partial charge on any atom is 0.166 e. The molecule has 94 valence electrons. The van der Waals surface area contributed by atoms with E-state index in [0.29, 0.717) is 23.3 Å². The van der Waals surface area contributed by atoms with Gasteiger partial charge in [-0.25, -0.2) is 0 Å². The van der Waals surface area contributed by atoms with Crippen molar-refractivity contribution in [2.45, 2.75) is 51.6 Å². The van der Waals surface area contributed by atoms with E-state index in [4.69, 9.17) is 0 Å². The van der Waals surface area contributed by atoms with Crippen LogP contribution in [0, 0.1) is 23.2 Å². The molecule has 3 atom stereocenters. The molecule has 4 aliphatic rings. The largest absolute Gasteiger partial charge is 0.389 e. The van der Waals surface area contributed by atoms with Crippen LogP contribution in [0.1, 0.15) is 46.0 Å². The van der Waals surface area contributed by atoms with Crippen molar-refractivity contribution in [1.29, 1.82) is 0 Å². The lowest BCUT2D eigenvalue weighted by Crippen LogP contribution is -2.66. The van der Waals surface area contributed by atoms with Crippen molar-refractivity contribution in [3.63, 3.8) is 0 Å². The molecule has 2 heteroatoms. The molecule has 3 unspecified atom stereocenters. The van der Waals surface area contributed by atoms with Gasteiger partial charge in [-0.05, 0) is 69.3 Å². The molecule has 0 radical (unpaired) electrons. The predicted molar refractivity (Wildman–Crippen MR) is 66.4 cm³/mol. The van der Waals surface area contributed by atoms with Gasteiger partial charge in [0.15, 0.2) is 5.78 Å². The Balaban J connectivity index is 2.05. The van der Waals surface area contributed by atoms with Gasteiger partial charge >= 0.3 is 0 Å². The Kier molecular flexibility index (Phi) is 2.17. The lowest BCUT2D eigenvalue weighted by atomic mass is 9.42. The van der Waals surface area contributed by atoms with Crippen LogP contribution in [0.25, 0.3) is 0 Å². The highest BCUT2D eigenvalue weighted by molar-refractivity contribution is 6.00. The second-order valence-corrected chi connectivity index (χ2v) is 6.89. The molecule has 0 aromatic heterocycles. The normalized spacial score (nSPS) is 51.6. The van der Waals surface area contributed by atoms with Crippen molar-refractivity contribution < 1.29 is 9.90 Å². The van der Waals surface area contributed by atoms with E-state index in [1.807, 2.05) is 6.92 Å². The van der Waals surface area contributed by atoms with Crippen LogP contribution < -0.4 is 0 Å². The Hall–Kier alpha value is -0.630. The third-order valence-corrected chi connectivity index (χ3v) is 5.80. The maximum absolute atomic E-state index is 12.5. The molecule has 0 spiro atoms. The Morgan fingerprint density at radius 1 is 1.24 bits per heavy atom. The van der Waals surface area contributed by atoms with E-state index in [0.717, 1.165) is 25.7 Å². The first-order chi connectivity index (χ1) is 7.87. The summed E-state index contributed by atoms with van der Waals surface area (Å²) in [6.45, 7) is 7.58. The number of hydrogen-bond acceptors (Lipinski definition) is 2. The minimum atomic E-state index is -0.752. The van der Waals surface area contributed by atoms with Crippen molar-refractivity contribution in [3.05, 3.63) is 12.2 Å². The minimum absolute atomic E-state index is 0.101. The second-order valence-electron chi connectivity index (χ2n) is 6.89. The first-order valence-electron chi connectivity index (χ1n) is 6.79. The van der Waals surface area contributed by atoms with Crippen LogP contribution in [-0.4, -0.2) is 16.5 Å². The summed E-state index contributed by atoms with van der Waals surface area (Å²) in [5.74, 6) is 1.79. The molecule has 0 saturated heterocycles. The standard InChI is InChI=1S/C15H22O2/c1-9(2)13(16)14(3)12-5-10-4-11(6-12)8-15(14,17)7-10/h10-12,17H,1,4-8H2,2-3H3. The first-order valence-corrected chi connectivity index (χ1v) is 6.79. The quantitative estimate of drug-likeness (QED) is 0.746. The van der Waals surface area contributed by atoms with Gasteiger partial charge in [-0.1, -0.05) is 6.58 Å². The molecular weight excluding hydrogens is 212 g/mol. The van der Waals surface area contributed by atoms with Gasteiger partial charge in [-0.3, -0.25) is 4.79 Å². The van der Waals surface area contributed by atoms with Gasteiger partial charge in [0, 0.05) is 0 Å². The molecule has 0 amide bonds. The lowest BCUT2D eigenvalue weighted by molar-refractivity contribution is -0.215. The van der Waals surface area contributed by atoms with Gasteiger partial charge in [0.2, 0.25) is 0 Å². The first kappa shape index (κ1) is 11.5. The van der Waals surface area contributed by atoms with Gasteiger partial charge in [-0.15, -0.1) is 0 Å². The number of Topliss-reactive ketones (excluding diaryl/α,β-unsaturated/α-hetero) is 1. The van der Waals surface area contributed by atoms with Crippen molar-refractivity contribution in [1.82, 2.24) is 0 Å². The molecule has 4 aliphatic carbocycles. The van der Waals surface area contributed by atoms with Gasteiger partial charge in [0.25, 0.3) is 0 Å². The van der Waals surface area contributed by atoms with Crippen molar-refractivity contribution >= 4 is 5.78 Å². The van der Waals surface area contributed by atoms with Crippen molar-refractivity contribution in [2.75, 3.05) is 0 Å². The van der Waals surface area contributed by atoms with Crippen LogP contribution in [0.15, 0.2) is 12.2 Å². The average molecular weight is 234 g/mol. The van der Waals surface area contributed by atoms with Crippen LogP contribution in [0.2, 0.25) is 0 Å². The number of aliphatic hydroxyl groups is 1. The highest BCUT2D eigenvalue weighted by atomic mass is 16.3. The Morgan fingerprint density at radius 2 is 1.76 bits per heavy atom. The summed E-state index contributed by atoms with van der Waals surface area (Å²) in [4.78, 5) is 12.5. The van der Waals surface area contributed by atoms with E-state index in [1.165, 1.54) is 6.42 Å². The van der Waals surface area contributed by atoms with E-state index < -0.39 is 11.0 Å². The second kappa shape index (κ2) is 3.23. The van der Waals surface area contributed by atoms with E-state index in [2.05, 4.69) is 6.58 Å². The van der Waals surface area contributed by atoms with Crippen LogP contribution in [-0.2, 0) is 4.79 Å². The molecule has 0 heterocycles. The summed E-state index contributed by atoms with van der Waals surface area (Å²) < 4.78 is 0. The van der Waals surface area contributed by atoms with E-state index >= 15 is 0 Å². The molecule has 17 heavy (non-hydrogen) atoms. The summed E-state index contributed by atoms with van der Waals surface area (Å²) in [6.07, 6.45) is 5.20. The smallest absolute Gasteiger partial charge is 0.166 e. The van der Waals surface area contributed by atoms with Crippen molar-refractivity contribution in [2.24, 2.45) is 23.2 Å². The monoisotopic (exact) mass is 234 g/mol. The maximum atomic E-state index is 12.5. The zero-order chi connectivity index (χ0) is 12.4. The molecule has 0 aromatic rings. The lowest BCUT2D eigenvalue weighted by Gasteiger charge is -2.63. The number of ketones is 1. The summed E-state index contributed by atoms with van der Waals surface area (Å²) in [5, 5.41) is 11.0. The Labute approximate surface area is 103 Å². The van der Waals surface area contributed by atoms with E-state index in [-0.39, 0.29) is 5.78 Å². The molecule has 2 nitrogen and oxygen atoms in total. The highest BCUT2D eigenvalue weighted by Gasteiger charge is 2.65. The Bertz CT molecular complexity index is 384. The number of carbonyl (C=O) groups excluding carboxylic acids is 1. The summed E-state index contributed by atoms with van der Waals surface area (Å²) in [6, 6.07) is 0. The van der Waals surface area contributed by atoms with E-state index in [9.17, 15) is 9.90 Å². The van der Waals surface area contributed by atoms with Crippen LogP contribution >= 0.6 is 0 Å². The van der Waals surface area contributed by atoms with Crippen LogP contribution in [0.5, 0.6) is 0 Å². The molecule has 0 aromatic carbocycles. The fourth-order valence-corrected chi connectivity index (χ4v) is 5.05. The Morgan fingerprint density at radius 3 is 2.18 bits per heavy atom. The van der Waals surface area contributed by atoms with Gasteiger partial charge in [0.1, 0.15) is 0 Å². The highest BCUT2D eigenvalue weighted by Crippen LogP contribution is 2.64. The fourth-order valence-electron chi connectivity index (χ4n) is 5.05. The topological polar surface area (TPSA) is 37.3 Å². The van der Waals surface area contributed by atoms with Gasteiger partial charge in [0.05, 0.1) is 11.0 Å². The molecule has 1 N–H and O–H groups in total. The number of allylic oxidation sites excluding steroid dienone is 1. The van der Waals surface area contributed by atoms with Crippen LogP contribution in [0.3, 0.4) is 0 Å². The third-order valence-electron chi connectivity index (χ3n) is 5.80. The van der Waals surface area contributed by atoms with Crippen molar-refractivity contribution in [3.8, 4) is 0 Å². The summed E-state index contributed by atoms with van der Waals surface area (Å²) in [7, 11) is 0. The zero-order valence-electron chi connectivity index (χ0n) is 10.8. The minimum Gasteiger partial charge on any atom is -0.389 e. The molecule has 0 aliphatic heterocycles. The molecule has 4 fully saturated rings. The summed E-state index contributed by atoms with van der Waals surface area (Å²) >= 11 is 0. The fraction of sp³-hybridized carbons (Fsp3) is 0.800. The molecule has 4 bridgehead atoms. The van der Waals surface area contributed by atoms with Gasteiger partial charge in [-0.2, -0.15) is 0 Å².